The molecule has 11 heteroatoms. The van der Waals surface area contributed by atoms with Gasteiger partial charge in [-0.1, -0.05) is 10.3 Å². The summed E-state index contributed by atoms with van der Waals surface area (Å²) in [6.45, 7) is 4.07. The number of carbonyl (C=O) groups is 1. The molecule has 0 aliphatic rings. The van der Waals surface area contributed by atoms with Gasteiger partial charge in [0.2, 0.25) is 5.82 Å². The van der Waals surface area contributed by atoms with Crippen molar-refractivity contribution in [3.05, 3.63) is 47.2 Å². The quantitative estimate of drug-likeness (QED) is 0.390. The smallest absolute Gasteiger partial charge is 0.471 e. The first-order chi connectivity index (χ1) is 14.3. The lowest BCUT2D eigenvalue weighted by Gasteiger charge is -2.09. The number of hydrogen-bond acceptors (Lipinski definition) is 8. The Balaban J connectivity index is 1.53. The predicted molar refractivity (Wildman–Crippen MR) is 95.7 cm³/mol. The van der Waals surface area contributed by atoms with Crippen molar-refractivity contribution >= 4 is 5.97 Å². The van der Waals surface area contributed by atoms with Crippen molar-refractivity contribution in [1.82, 2.24) is 15.3 Å². The van der Waals surface area contributed by atoms with Gasteiger partial charge < -0.3 is 18.5 Å². The molecule has 0 saturated carbocycles. The number of aryl methyl sites for hydroxylation is 2. The molecule has 0 radical (unpaired) electrons. The van der Waals surface area contributed by atoms with Gasteiger partial charge in [-0.25, -0.2) is 4.79 Å². The van der Waals surface area contributed by atoms with Gasteiger partial charge in [0, 0.05) is 18.1 Å². The summed E-state index contributed by atoms with van der Waals surface area (Å²) in [5.74, 6) is -0.980. The first-order valence-corrected chi connectivity index (χ1v) is 9.05. The molecule has 8 nitrogen and oxygen atoms in total. The Kier molecular flexibility index (Phi) is 6.38. The van der Waals surface area contributed by atoms with Gasteiger partial charge in [0.25, 0.3) is 0 Å². The van der Waals surface area contributed by atoms with Crippen molar-refractivity contribution in [3.63, 3.8) is 0 Å². The van der Waals surface area contributed by atoms with E-state index in [0.717, 1.165) is 0 Å². The second-order valence-electron chi connectivity index (χ2n) is 6.25. The molecule has 0 fully saturated rings. The second kappa shape index (κ2) is 8.97. The van der Waals surface area contributed by atoms with E-state index in [-0.39, 0.29) is 18.1 Å². The van der Waals surface area contributed by atoms with Crippen LogP contribution >= 0.6 is 0 Å². The van der Waals surface area contributed by atoms with Crippen molar-refractivity contribution in [1.29, 1.82) is 0 Å². The van der Waals surface area contributed by atoms with E-state index < -0.39 is 18.0 Å². The van der Waals surface area contributed by atoms with Crippen molar-refractivity contribution in [3.8, 4) is 17.1 Å². The summed E-state index contributed by atoms with van der Waals surface area (Å²) < 4.78 is 57.6. The molecule has 2 heterocycles. The van der Waals surface area contributed by atoms with Crippen LogP contribution in [0.15, 0.2) is 33.3 Å². The zero-order valence-corrected chi connectivity index (χ0v) is 16.2. The van der Waals surface area contributed by atoms with Gasteiger partial charge in [-0.15, -0.1) is 0 Å². The molecule has 2 aromatic heterocycles. The fourth-order valence-corrected chi connectivity index (χ4v) is 2.57. The predicted octanol–water partition coefficient (Wildman–Crippen LogP) is 4.24. The maximum Gasteiger partial charge on any atom is 0.471 e. The van der Waals surface area contributed by atoms with Crippen molar-refractivity contribution in [2.24, 2.45) is 0 Å². The maximum absolute atomic E-state index is 12.6. The number of halogens is 3. The molecule has 160 valence electrons. The second-order valence-corrected chi connectivity index (χ2v) is 6.25. The number of aromatic nitrogens is 3. The summed E-state index contributed by atoms with van der Waals surface area (Å²) in [5, 5.41) is 7.02. The molecule has 0 spiro atoms. The molecule has 30 heavy (non-hydrogen) atoms. The van der Waals surface area contributed by atoms with Crippen LogP contribution in [-0.2, 0) is 17.3 Å². The van der Waals surface area contributed by atoms with Crippen LogP contribution in [0.4, 0.5) is 13.2 Å². The zero-order chi connectivity index (χ0) is 21.7. The summed E-state index contributed by atoms with van der Waals surface area (Å²) in [5.41, 5.74) is 1.21. The van der Waals surface area contributed by atoms with Gasteiger partial charge in [0.15, 0.2) is 5.69 Å². The summed E-state index contributed by atoms with van der Waals surface area (Å²) in [7, 11) is 0. The van der Waals surface area contributed by atoms with Crippen LogP contribution in [0.25, 0.3) is 11.4 Å². The molecule has 0 aliphatic carbocycles. The van der Waals surface area contributed by atoms with Gasteiger partial charge in [0.05, 0.1) is 13.2 Å². The highest BCUT2D eigenvalue weighted by Crippen LogP contribution is 2.30. The Morgan fingerprint density at radius 1 is 1.17 bits per heavy atom. The average Bonchev–Trinajstić information content (AvgIpc) is 3.36. The Hall–Kier alpha value is -3.37. The minimum atomic E-state index is -4.69. The lowest BCUT2D eigenvalue weighted by atomic mass is 10.1. The van der Waals surface area contributed by atoms with E-state index in [0.29, 0.717) is 42.1 Å². The SMILES string of the molecule is CCOC(=O)c1cc(CCCOc2ccc(-c3noc(C(F)(F)F)n3)cc2C)on1. The highest BCUT2D eigenvalue weighted by atomic mass is 19.4. The summed E-state index contributed by atoms with van der Waals surface area (Å²) >= 11 is 0. The van der Waals surface area contributed by atoms with E-state index in [9.17, 15) is 18.0 Å². The van der Waals surface area contributed by atoms with Crippen molar-refractivity contribution in [2.75, 3.05) is 13.2 Å². The van der Waals surface area contributed by atoms with E-state index in [2.05, 4.69) is 19.8 Å². The van der Waals surface area contributed by atoms with E-state index in [4.69, 9.17) is 14.0 Å². The Morgan fingerprint density at radius 3 is 2.63 bits per heavy atom. The van der Waals surface area contributed by atoms with Gasteiger partial charge in [-0.2, -0.15) is 18.2 Å². The molecule has 3 rings (SSSR count). The largest absolute Gasteiger partial charge is 0.493 e. The normalized spacial score (nSPS) is 11.5. The Labute approximate surface area is 169 Å². The molecule has 0 aliphatic heterocycles. The lowest BCUT2D eigenvalue weighted by molar-refractivity contribution is -0.159. The molecule has 0 N–H and O–H groups in total. The van der Waals surface area contributed by atoms with Crippen LogP contribution in [0.3, 0.4) is 0 Å². The van der Waals surface area contributed by atoms with Crippen LogP contribution in [0.2, 0.25) is 0 Å². The monoisotopic (exact) mass is 425 g/mol. The number of alkyl halides is 3. The highest BCUT2D eigenvalue weighted by molar-refractivity contribution is 5.87. The number of ether oxygens (including phenoxy) is 2. The van der Waals surface area contributed by atoms with Crippen molar-refractivity contribution < 1.29 is 36.5 Å². The fraction of sp³-hybridized carbons (Fsp3) is 0.368. The van der Waals surface area contributed by atoms with Crippen LogP contribution in [0.1, 0.15) is 41.0 Å². The van der Waals surface area contributed by atoms with E-state index >= 15 is 0 Å². The van der Waals surface area contributed by atoms with Crippen LogP contribution in [0, 0.1) is 6.92 Å². The zero-order valence-electron chi connectivity index (χ0n) is 16.2. The first kappa shape index (κ1) is 21.3. The van der Waals surface area contributed by atoms with Crippen LogP contribution in [0.5, 0.6) is 5.75 Å². The van der Waals surface area contributed by atoms with Crippen molar-refractivity contribution in [2.45, 2.75) is 32.9 Å². The number of carbonyl (C=O) groups excluding carboxylic acids is 1. The Bertz CT molecular complexity index is 1010. The number of esters is 1. The summed E-state index contributed by atoms with van der Waals surface area (Å²) in [6, 6.07) is 6.32. The third-order valence-corrected chi connectivity index (χ3v) is 3.97. The van der Waals surface area contributed by atoms with Gasteiger partial charge in [-0.3, -0.25) is 0 Å². The fourth-order valence-electron chi connectivity index (χ4n) is 2.57. The minimum Gasteiger partial charge on any atom is -0.493 e. The average molecular weight is 425 g/mol. The lowest BCUT2D eigenvalue weighted by Crippen LogP contribution is -2.04. The number of nitrogens with zero attached hydrogens (tertiary/aromatic N) is 3. The molecule has 3 aromatic rings. The minimum absolute atomic E-state index is 0.120. The molecular weight excluding hydrogens is 407 g/mol. The van der Waals surface area contributed by atoms with Gasteiger partial charge in [0.1, 0.15) is 11.5 Å². The van der Waals surface area contributed by atoms with Gasteiger partial charge in [-0.05, 0) is 44.0 Å². The van der Waals surface area contributed by atoms with Crippen LogP contribution < -0.4 is 4.74 Å². The number of rotatable bonds is 8. The number of benzene rings is 1. The molecule has 0 unspecified atom stereocenters. The van der Waals surface area contributed by atoms with E-state index in [1.54, 1.807) is 32.0 Å². The molecule has 0 saturated heterocycles. The Morgan fingerprint density at radius 2 is 1.97 bits per heavy atom. The van der Waals surface area contributed by atoms with E-state index in [1.165, 1.54) is 6.07 Å². The highest BCUT2D eigenvalue weighted by Gasteiger charge is 2.38. The number of hydrogen-bond donors (Lipinski definition) is 0. The first-order valence-electron chi connectivity index (χ1n) is 9.05. The third-order valence-electron chi connectivity index (χ3n) is 3.97. The third kappa shape index (κ3) is 5.16. The topological polar surface area (TPSA) is 100 Å². The molecular formula is C19H18F3N3O5. The van der Waals surface area contributed by atoms with E-state index in [1.807, 2.05) is 0 Å². The van der Waals surface area contributed by atoms with Crippen LogP contribution in [-0.4, -0.2) is 34.5 Å². The molecule has 0 amide bonds. The molecule has 1 aromatic carbocycles. The van der Waals surface area contributed by atoms with Gasteiger partial charge >= 0.3 is 18.0 Å². The molecule has 0 atom stereocenters. The summed E-state index contributed by atoms with van der Waals surface area (Å²) in [4.78, 5) is 14.9. The summed E-state index contributed by atoms with van der Waals surface area (Å²) in [6.07, 6.45) is -3.59. The standard InChI is InChI=1S/C19H18F3N3O5/c1-3-27-17(26)14-10-13(29-24-14)5-4-8-28-15-7-6-12(9-11(15)2)16-23-18(30-25-16)19(20,21)22/h6-7,9-10H,3-5,8H2,1-2H3. The molecule has 0 bridgehead atoms. The maximum atomic E-state index is 12.6.